The van der Waals surface area contributed by atoms with Gasteiger partial charge in [0.15, 0.2) is 0 Å². The highest BCUT2D eigenvalue weighted by Gasteiger charge is 2.66. The Balaban J connectivity index is 5.20. The first kappa shape index (κ1) is 23.8. The van der Waals surface area contributed by atoms with E-state index in [1.54, 1.807) is 0 Å². The molecule has 0 spiro atoms. The van der Waals surface area contributed by atoms with Gasteiger partial charge in [-0.05, 0) is 13.3 Å². The van der Waals surface area contributed by atoms with E-state index in [9.17, 15) is 37.0 Å². The summed E-state index contributed by atoms with van der Waals surface area (Å²) in [7, 11) is -27.9. The Morgan fingerprint density at radius 2 is 1.17 bits per heavy atom. The standard InChI is InChI=1S/C7H13F9O4Si4/c1-7(2)6-17-4-3-5-21(18-22(8,9)10,19-23(11,12)13)20-24(14,15)16/h1,3-6H2,2H3. The number of halogens is 9. The van der Waals surface area contributed by atoms with Gasteiger partial charge in [-0.2, -0.15) is 0 Å². The van der Waals surface area contributed by atoms with Gasteiger partial charge >= 0.3 is 36.8 Å². The van der Waals surface area contributed by atoms with E-state index in [-0.39, 0.29) is 6.61 Å². The molecule has 0 aromatic rings. The maximum atomic E-state index is 12.4. The fourth-order valence-corrected chi connectivity index (χ4v) is 9.04. The summed E-state index contributed by atoms with van der Waals surface area (Å²) in [6, 6.07) is -1.32. The maximum absolute atomic E-state index is 12.4. The molecule has 0 aliphatic heterocycles. The van der Waals surface area contributed by atoms with Crippen molar-refractivity contribution in [1.82, 2.24) is 0 Å². The van der Waals surface area contributed by atoms with Crippen LogP contribution in [0.15, 0.2) is 12.2 Å². The molecule has 0 aliphatic carbocycles. The van der Waals surface area contributed by atoms with Gasteiger partial charge in [0.25, 0.3) is 0 Å². The predicted octanol–water partition coefficient (Wildman–Crippen LogP) is 3.99. The minimum absolute atomic E-state index is 0.0484. The van der Waals surface area contributed by atoms with Gasteiger partial charge < -0.3 is 17.1 Å². The van der Waals surface area contributed by atoms with E-state index in [1.165, 1.54) is 6.92 Å². The van der Waals surface area contributed by atoms with Crippen molar-refractivity contribution in [2.75, 3.05) is 13.2 Å². The Morgan fingerprint density at radius 3 is 1.46 bits per heavy atom. The van der Waals surface area contributed by atoms with Crippen LogP contribution in [-0.2, 0) is 17.1 Å². The van der Waals surface area contributed by atoms with Gasteiger partial charge in [-0.25, -0.2) is 37.0 Å². The fraction of sp³-hybridized carbons (Fsp3) is 0.714. The van der Waals surface area contributed by atoms with Crippen LogP contribution < -0.4 is 0 Å². The molecular weight excluding hydrogens is 431 g/mol. The minimum atomic E-state index is -7.28. The molecule has 0 amide bonds. The van der Waals surface area contributed by atoms with E-state index in [4.69, 9.17) is 4.74 Å². The number of hydrogen-bond donors (Lipinski definition) is 0. The lowest BCUT2D eigenvalue weighted by atomic mass is 10.4. The van der Waals surface area contributed by atoms with Crippen LogP contribution in [0, 0.1) is 0 Å². The minimum Gasteiger partial charge on any atom is -0.377 e. The first-order chi connectivity index (χ1) is 10.5. The molecule has 0 saturated heterocycles. The normalized spacial score (nSPS) is 14.1. The number of rotatable bonds is 12. The molecule has 0 atom stereocenters. The fourth-order valence-electron chi connectivity index (χ4n) is 1.38. The van der Waals surface area contributed by atoms with Gasteiger partial charge in [-0.15, -0.1) is 0 Å². The lowest BCUT2D eigenvalue weighted by molar-refractivity contribution is 0.115. The molecule has 0 aromatic heterocycles. The molecule has 0 aliphatic rings. The van der Waals surface area contributed by atoms with Crippen molar-refractivity contribution >= 4 is 36.8 Å². The SMILES string of the molecule is C=C(C)COCCC[Si](O[Si](F)(F)F)(O[Si](F)(F)F)O[Si](F)(F)F. The third kappa shape index (κ3) is 13.1. The van der Waals surface area contributed by atoms with Crippen LogP contribution in [0.3, 0.4) is 0 Å². The van der Waals surface area contributed by atoms with Gasteiger partial charge in [-0.3, -0.25) is 0 Å². The molecule has 4 nitrogen and oxygen atoms in total. The van der Waals surface area contributed by atoms with Gasteiger partial charge in [0, 0.05) is 12.7 Å². The highest BCUT2D eigenvalue weighted by atomic mass is 28.6. The quantitative estimate of drug-likeness (QED) is 0.150. The lowest BCUT2D eigenvalue weighted by Gasteiger charge is -2.30. The van der Waals surface area contributed by atoms with Crippen LogP contribution in [0.5, 0.6) is 0 Å². The largest absolute Gasteiger partial charge is 0.795 e. The van der Waals surface area contributed by atoms with E-state index in [1.807, 2.05) is 0 Å². The van der Waals surface area contributed by atoms with Crippen LogP contribution in [0.4, 0.5) is 37.0 Å². The van der Waals surface area contributed by atoms with Gasteiger partial charge in [0.2, 0.25) is 0 Å². The molecule has 0 aromatic carbocycles. The second-order valence-electron chi connectivity index (χ2n) is 4.44. The summed E-state index contributed by atoms with van der Waals surface area (Å²) in [5, 5.41) is 0. The molecule has 0 bridgehead atoms. The Morgan fingerprint density at radius 1 is 0.792 bits per heavy atom. The zero-order valence-electron chi connectivity index (χ0n) is 12.1. The predicted molar refractivity (Wildman–Crippen MR) is 71.3 cm³/mol. The van der Waals surface area contributed by atoms with E-state index in [0.717, 1.165) is 0 Å². The molecule has 0 saturated carbocycles. The smallest absolute Gasteiger partial charge is 0.377 e. The van der Waals surface area contributed by atoms with E-state index < -0.39 is 55.8 Å². The highest BCUT2D eigenvalue weighted by molar-refractivity contribution is 6.81. The highest BCUT2D eigenvalue weighted by Crippen LogP contribution is 2.33. The average Bonchev–Trinajstić information content (AvgIpc) is 2.19. The van der Waals surface area contributed by atoms with Gasteiger partial charge in [0.05, 0.1) is 6.61 Å². The second-order valence-corrected chi connectivity index (χ2v) is 11.4. The first-order valence-electron chi connectivity index (χ1n) is 6.06. The molecule has 0 heterocycles. The first-order valence-corrected chi connectivity index (χ1v) is 12.6. The Bertz CT molecular complexity index is 369. The summed E-state index contributed by atoms with van der Waals surface area (Å²) < 4.78 is 126. The van der Waals surface area contributed by atoms with Crippen LogP contribution in [0.2, 0.25) is 6.04 Å². The summed E-state index contributed by atoms with van der Waals surface area (Å²) in [6.45, 7) is 4.51. The van der Waals surface area contributed by atoms with Crippen LogP contribution in [0.1, 0.15) is 13.3 Å². The van der Waals surface area contributed by atoms with E-state index in [2.05, 4.69) is 18.9 Å². The van der Waals surface area contributed by atoms with Crippen molar-refractivity contribution in [1.29, 1.82) is 0 Å². The molecule has 0 rings (SSSR count). The van der Waals surface area contributed by atoms with Crippen molar-refractivity contribution in [3.05, 3.63) is 12.2 Å². The van der Waals surface area contributed by atoms with Crippen molar-refractivity contribution in [2.45, 2.75) is 19.4 Å². The molecule has 24 heavy (non-hydrogen) atoms. The summed E-state index contributed by atoms with van der Waals surface area (Å²) in [6.07, 6.45) is -0.598. The summed E-state index contributed by atoms with van der Waals surface area (Å²) in [4.78, 5) is 0. The summed E-state index contributed by atoms with van der Waals surface area (Å²) in [5.41, 5.74) is 0.510. The maximum Gasteiger partial charge on any atom is 0.795 e. The molecule has 0 radical (unpaired) electrons. The van der Waals surface area contributed by atoms with Gasteiger partial charge in [-0.1, -0.05) is 12.2 Å². The Labute approximate surface area is 136 Å². The van der Waals surface area contributed by atoms with Crippen LogP contribution in [0.25, 0.3) is 0 Å². The number of hydrogen-bond acceptors (Lipinski definition) is 4. The molecule has 0 unspecified atom stereocenters. The Hall–Kier alpha value is -0.182. The monoisotopic (exact) mass is 444 g/mol. The third-order valence-corrected chi connectivity index (χ3v) is 9.41. The third-order valence-electron chi connectivity index (χ3n) is 1.93. The molecule has 17 heteroatoms. The van der Waals surface area contributed by atoms with Crippen molar-refractivity contribution in [2.24, 2.45) is 0 Å². The Kier molecular flexibility index (Phi) is 8.89. The van der Waals surface area contributed by atoms with Crippen molar-refractivity contribution in [3.63, 3.8) is 0 Å². The molecule has 144 valence electrons. The topological polar surface area (TPSA) is 36.9 Å². The van der Waals surface area contributed by atoms with Crippen molar-refractivity contribution in [3.8, 4) is 0 Å². The molecular formula is C7H13F9O4Si4. The summed E-state index contributed by atoms with van der Waals surface area (Å²) >= 11 is 0. The van der Waals surface area contributed by atoms with Gasteiger partial charge in [0.1, 0.15) is 0 Å². The second kappa shape index (κ2) is 8.96. The zero-order valence-corrected chi connectivity index (χ0v) is 16.1. The lowest BCUT2D eigenvalue weighted by Crippen LogP contribution is -2.58. The summed E-state index contributed by atoms with van der Waals surface area (Å²) in [5.74, 6) is 0. The van der Waals surface area contributed by atoms with Crippen LogP contribution >= 0.6 is 0 Å². The van der Waals surface area contributed by atoms with E-state index in [0.29, 0.717) is 5.57 Å². The van der Waals surface area contributed by atoms with E-state index >= 15 is 0 Å². The molecule has 0 fully saturated rings. The zero-order chi connectivity index (χ0) is 19.2. The van der Waals surface area contributed by atoms with Crippen molar-refractivity contribution < 1.29 is 54.1 Å². The van der Waals surface area contributed by atoms with Crippen LogP contribution in [-0.4, -0.2) is 50.0 Å². The number of ether oxygens (including phenoxy) is 1. The average molecular weight is 445 g/mol. The molecule has 0 N–H and O–H groups in total.